The molecule has 4 nitrogen and oxygen atoms in total. The molecule has 0 atom stereocenters. The number of hydrogen-bond acceptors (Lipinski definition) is 4. The minimum atomic E-state index is 0.535. The first-order valence-corrected chi connectivity index (χ1v) is 4.89. The minimum absolute atomic E-state index is 0.535. The maximum absolute atomic E-state index is 5.41. The molecule has 78 valence electrons. The van der Waals surface area contributed by atoms with Crippen LogP contribution in [-0.2, 0) is 6.42 Å². The Morgan fingerprint density at radius 2 is 2.27 bits per heavy atom. The van der Waals surface area contributed by atoms with Crippen LogP contribution in [-0.4, -0.2) is 16.7 Å². The van der Waals surface area contributed by atoms with Gasteiger partial charge in [0.05, 0.1) is 0 Å². The molecule has 0 fully saturated rings. The van der Waals surface area contributed by atoms with Crippen molar-refractivity contribution in [2.45, 2.75) is 13.3 Å². The van der Waals surface area contributed by atoms with Gasteiger partial charge in [-0.05, 0) is 25.6 Å². The first-order chi connectivity index (χ1) is 7.29. The zero-order valence-electron chi connectivity index (χ0n) is 8.60. The molecule has 0 saturated heterocycles. The predicted molar refractivity (Wildman–Crippen MR) is 57.2 cm³/mol. The molecule has 0 spiro atoms. The number of rotatable bonds is 3. The van der Waals surface area contributed by atoms with E-state index in [1.807, 2.05) is 31.2 Å². The van der Waals surface area contributed by atoms with E-state index in [0.29, 0.717) is 24.7 Å². The van der Waals surface area contributed by atoms with Crippen LogP contribution < -0.4 is 5.73 Å². The number of aryl methyl sites for hydroxylation is 1. The van der Waals surface area contributed by atoms with Crippen molar-refractivity contribution < 1.29 is 4.52 Å². The number of benzene rings is 1. The van der Waals surface area contributed by atoms with Crippen molar-refractivity contribution >= 4 is 0 Å². The van der Waals surface area contributed by atoms with Gasteiger partial charge in [0.2, 0.25) is 0 Å². The second-order valence-corrected chi connectivity index (χ2v) is 3.42. The zero-order valence-corrected chi connectivity index (χ0v) is 8.60. The summed E-state index contributed by atoms with van der Waals surface area (Å²) < 4.78 is 5.14. The van der Waals surface area contributed by atoms with Gasteiger partial charge >= 0.3 is 0 Å². The first kappa shape index (κ1) is 9.86. The van der Waals surface area contributed by atoms with Gasteiger partial charge in [0.1, 0.15) is 0 Å². The van der Waals surface area contributed by atoms with Crippen molar-refractivity contribution in [3.63, 3.8) is 0 Å². The highest BCUT2D eigenvalue weighted by atomic mass is 16.5. The molecule has 0 amide bonds. The van der Waals surface area contributed by atoms with Crippen molar-refractivity contribution in [2.24, 2.45) is 5.73 Å². The topological polar surface area (TPSA) is 64.9 Å². The highest BCUT2D eigenvalue weighted by Crippen LogP contribution is 2.17. The zero-order chi connectivity index (χ0) is 10.7. The lowest BCUT2D eigenvalue weighted by Crippen LogP contribution is -2.03. The molecule has 2 N–H and O–H groups in total. The van der Waals surface area contributed by atoms with E-state index in [0.717, 1.165) is 5.56 Å². The minimum Gasteiger partial charge on any atom is -0.334 e. The van der Waals surface area contributed by atoms with E-state index in [9.17, 15) is 0 Å². The Labute approximate surface area is 88.1 Å². The van der Waals surface area contributed by atoms with Gasteiger partial charge in [-0.25, -0.2) is 0 Å². The Morgan fingerprint density at radius 3 is 3.00 bits per heavy atom. The van der Waals surface area contributed by atoms with E-state index in [4.69, 9.17) is 10.3 Å². The average Bonchev–Trinajstić information content (AvgIpc) is 2.67. The largest absolute Gasteiger partial charge is 0.334 e. The lowest BCUT2D eigenvalue weighted by atomic mass is 10.1. The van der Waals surface area contributed by atoms with Crippen molar-refractivity contribution in [3.05, 3.63) is 35.7 Å². The number of hydrogen-bond donors (Lipinski definition) is 1. The van der Waals surface area contributed by atoms with E-state index in [1.54, 1.807) is 0 Å². The van der Waals surface area contributed by atoms with Crippen molar-refractivity contribution in [1.29, 1.82) is 0 Å². The van der Waals surface area contributed by atoms with Crippen LogP contribution in [0.25, 0.3) is 11.5 Å². The molecule has 1 heterocycles. The Bertz CT molecular complexity index is 451. The van der Waals surface area contributed by atoms with Crippen LogP contribution >= 0.6 is 0 Å². The summed E-state index contributed by atoms with van der Waals surface area (Å²) in [6.45, 7) is 2.56. The Balaban J connectivity index is 2.29. The van der Waals surface area contributed by atoms with Gasteiger partial charge in [-0.3, -0.25) is 0 Å². The molecular formula is C11H13N3O. The molecule has 1 aromatic heterocycles. The van der Waals surface area contributed by atoms with Gasteiger partial charge in [-0.1, -0.05) is 22.9 Å². The number of nitrogens with zero attached hydrogens (tertiary/aromatic N) is 2. The van der Waals surface area contributed by atoms with Crippen LogP contribution in [0.4, 0.5) is 0 Å². The molecule has 0 aliphatic heterocycles. The summed E-state index contributed by atoms with van der Waals surface area (Å²) in [5, 5.41) is 3.85. The molecule has 1 aromatic carbocycles. The van der Waals surface area contributed by atoms with Gasteiger partial charge in [0.25, 0.3) is 5.89 Å². The van der Waals surface area contributed by atoms with Crippen LogP contribution in [0.5, 0.6) is 0 Å². The summed E-state index contributed by atoms with van der Waals surface area (Å²) in [7, 11) is 0. The second kappa shape index (κ2) is 4.23. The van der Waals surface area contributed by atoms with E-state index in [-0.39, 0.29) is 0 Å². The van der Waals surface area contributed by atoms with E-state index < -0.39 is 0 Å². The third-order valence-electron chi connectivity index (χ3n) is 2.10. The highest BCUT2D eigenvalue weighted by molar-refractivity contribution is 5.53. The van der Waals surface area contributed by atoms with Gasteiger partial charge < -0.3 is 10.3 Å². The fraction of sp³-hybridized carbons (Fsp3) is 0.273. The van der Waals surface area contributed by atoms with Crippen molar-refractivity contribution in [2.75, 3.05) is 6.54 Å². The van der Waals surface area contributed by atoms with Crippen LogP contribution in [0.15, 0.2) is 28.8 Å². The molecule has 0 saturated carbocycles. The average molecular weight is 203 g/mol. The second-order valence-electron chi connectivity index (χ2n) is 3.42. The molecule has 0 bridgehead atoms. The maximum atomic E-state index is 5.41. The number of aromatic nitrogens is 2. The summed E-state index contributed by atoms with van der Waals surface area (Å²) in [6, 6.07) is 7.96. The van der Waals surface area contributed by atoms with Crippen LogP contribution in [0.1, 0.15) is 11.4 Å². The molecule has 2 aromatic rings. The molecular weight excluding hydrogens is 190 g/mol. The van der Waals surface area contributed by atoms with Crippen LogP contribution in [0, 0.1) is 6.92 Å². The van der Waals surface area contributed by atoms with E-state index >= 15 is 0 Å². The SMILES string of the molecule is Cc1cccc(-c2nc(CCN)no2)c1. The summed E-state index contributed by atoms with van der Waals surface area (Å²) in [5.74, 6) is 1.22. The Morgan fingerprint density at radius 1 is 1.40 bits per heavy atom. The normalized spacial score (nSPS) is 10.5. The predicted octanol–water partition coefficient (Wildman–Crippen LogP) is 1.55. The molecule has 0 radical (unpaired) electrons. The first-order valence-electron chi connectivity index (χ1n) is 4.89. The molecule has 2 rings (SSSR count). The van der Waals surface area contributed by atoms with Gasteiger partial charge in [0.15, 0.2) is 5.82 Å². The lowest BCUT2D eigenvalue weighted by molar-refractivity contribution is 0.422. The maximum Gasteiger partial charge on any atom is 0.257 e. The lowest BCUT2D eigenvalue weighted by Gasteiger charge is -1.94. The molecule has 4 heteroatoms. The monoisotopic (exact) mass is 203 g/mol. The van der Waals surface area contributed by atoms with E-state index in [1.165, 1.54) is 5.56 Å². The fourth-order valence-electron chi connectivity index (χ4n) is 1.38. The third kappa shape index (κ3) is 2.22. The standard InChI is InChI=1S/C11H13N3O/c1-8-3-2-4-9(7-8)11-13-10(5-6-12)14-15-11/h2-4,7H,5-6,12H2,1H3. The van der Waals surface area contributed by atoms with Crippen molar-refractivity contribution in [1.82, 2.24) is 10.1 Å². The summed E-state index contributed by atoms with van der Waals surface area (Å²) >= 11 is 0. The van der Waals surface area contributed by atoms with Crippen LogP contribution in [0.3, 0.4) is 0 Å². The molecule has 0 aliphatic rings. The smallest absolute Gasteiger partial charge is 0.257 e. The summed E-state index contributed by atoms with van der Waals surface area (Å²) in [5.41, 5.74) is 7.53. The Hall–Kier alpha value is -1.68. The number of nitrogens with two attached hydrogens (primary N) is 1. The summed E-state index contributed by atoms with van der Waals surface area (Å²) in [6.07, 6.45) is 0.648. The van der Waals surface area contributed by atoms with E-state index in [2.05, 4.69) is 10.1 Å². The highest BCUT2D eigenvalue weighted by Gasteiger charge is 2.07. The third-order valence-corrected chi connectivity index (χ3v) is 2.10. The van der Waals surface area contributed by atoms with Crippen LogP contribution in [0.2, 0.25) is 0 Å². The van der Waals surface area contributed by atoms with Gasteiger partial charge in [-0.15, -0.1) is 0 Å². The fourth-order valence-corrected chi connectivity index (χ4v) is 1.38. The molecule has 15 heavy (non-hydrogen) atoms. The molecule has 0 aliphatic carbocycles. The van der Waals surface area contributed by atoms with Gasteiger partial charge in [-0.2, -0.15) is 4.98 Å². The quantitative estimate of drug-likeness (QED) is 0.821. The van der Waals surface area contributed by atoms with Gasteiger partial charge in [0, 0.05) is 12.0 Å². The van der Waals surface area contributed by atoms with Crippen molar-refractivity contribution in [3.8, 4) is 11.5 Å². The molecule has 0 unspecified atom stereocenters. The summed E-state index contributed by atoms with van der Waals surface area (Å²) in [4.78, 5) is 4.25. The Kier molecular flexibility index (Phi) is 2.78.